The van der Waals surface area contributed by atoms with Gasteiger partial charge in [-0.3, -0.25) is 0 Å². The topological polar surface area (TPSA) is 35.2 Å². The van der Waals surface area contributed by atoms with Crippen molar-refractivity contribution in [2.45, 2.75) is 6.61 Å². The summed E-state index contributed by atoms with van der Waals surface area (Å²) < 4.78 is 5.78. The van der Waals surface area contributed by atoms with E-state index in [1.807, 2.05) is 54.6 Å². The van der Waals surface area contributed by atoms with E-state index < -0.39 is 0 Å². The van der Waals surface area contributed by atoms with Gasteiger partial charge in [-0.05, 0) is 41.0 Å². The second kappa shape index (κ2) is 6.14. The standard InChI is InChI=1S/C19H17NO/c20-18-8-4-5-15(13-18)14-21-19-11-9-17(10-12-19)16-6-2-1-3-7-16/h1-13H,14,20H2. The first-order chi connectivity index (χ1) is 10.3. The lowest BCUT2D eigenvalue weighted by molar-refractivity contribution is 0.306. The first-order valence-corrected chi connectivity index (χ1v) is 6.94. The lowest BCUT2D eigenvalue weighted by Gasteiger charge is -2.08. The average molecular weight is 275 g/mol. The summed E-state index contributed by atoms with van der Waals surface area (Å²) in [7, 11) is 0. The molecule has 2 nitrogen and oxygen atoms in total. The van der Waals surface area contributed by atoms with Crippen molar-refractivity contribution < 1.29 is 4.74 Å². The molecule has 104 valence electrons. The van der Waals surface area contributed by atoms with E-state index in [0.29, 0.717) is 6.61 Å². The van der Waals surface area contributed by atoms with Crippen molar-refractivity contribution in [2.24, 2.45) is 0 Å². The number of ether oxygens (including phenoxy) is 1. The van der Waals surface area contributed by atoms with Crippen molar-refractivity contribution >= 4 is 5.69 Å². The van der Waals surface area contributed by atoms with Crippen molar-refractivity contribution in [1.29, 1.82) is 0 Å². The minimum atomic E-state index is 0.524. The molecule has 3 aromatic rings. The molecule has 0 aliphatic heterocycles. The Kier molecular flexibility index (Phi) is 3.88. The first-order valence-electron chi connectivity index (χ1n) is 6.94. The summed E-state index contributed by atoms with van der Waals surface area (Å²) >= 11 is 0. The molecule has 0 spiro atoms. The van der Waals surface area contributed by atoms with E-state index in [4.69, 9.17) is 10.5 Å². The highest BCUT2D eigenvalue weighted by Crippen LogP contribution is 2.22. The predicted molar refractivity (Wildman–Crippen MR) is 87.1 cm³/mol. The average Bonchev–Trinajstić information content (AvgIpc) is 2.54. The van der Waals surface area contributed by atoms with E-state index >= 15 is 0 Å². The third-order valence-electron chi connectivity index (χ3n) is 3.32. The Hall–Kier alpha value is -2.74. The fraction of sp³-hybridized carbons (Fsp3) is 0.0526. The van der Waals surface area contributed by atoms with Gasteiger partial charge in [-0.1, -0.05) is 54.6 Å². The summed E-state index contributed by atoms with van der Waals surface area (Å²) in [6.07, 6.45) is 0. The van der Waals surface area contributed by atoms with Gasteiger partial charge in [-0.2, -0.15) is 0 Å². The molecule has 0 aliphatic carbocycles. The van der Waals surface area contributed by atoms with Crippen LogP contribution in [-0.2, 0) is 6.61 Å². The van der Waals surface area contributed by atoms with Gasteiger partial charge >= 0.3 is 0 Å². The van der Waals surface area contributed by atoms with Gasteiger partial charge < -0.3 is 10.5 Å². The molecule has 2 heteroatoms. The molecule has 2 N–H and O–H groups in total. The van der Waals surface area contributed by atoms with Crippen molar-refractivity contribution in [1.82, 2.24) is 0 Å². The van der Waals surface area contributed by atoms with E-state index in [-0.39, 0.29) is 0 Å². The van der Waals surface area contributed by atoms with Gasteiger partial charge in [-0.25, -0.2) is 0 Å². The zero-order valence-electron chi connectivity index (χ0n) is 11.7. The van der Waals surface area contributed by atoms with Crippen LogP contribution in [0.3, 0.4) is 0 Å². The van der Waals surface area contributed by atoms with Crippen molar-refractivity contribution in [2.75, 3.05) is 5.73 Å². The number of nitrogens with two attached hydrogens (primary N) is 1. The van der Waals surface area contributed by atoms with Crippen LogP contribution in [0.2, 0.25) is 0 Å². The summed E-state index contributed by atoms with van der Waals surface area (Å²) in [5.41, 5.74) is 9.98. The van der Waals surface area contributed by atoms with Gasteiger partial charge in [0.2, 0.25) is 0 Å². The lowest BCUT2D eigenvalue weighted by atomic mass is 10.1. The number of hydrogen-bond acceptors (Lipinski definition) is 2. The van der Waals surface area contributed by atoms with Crippen LogP contribution in [0, 0.1) is 0 Å². The summed E-state index contributed by atoms with van der Waals surface area (Å²) in [4.78, 5) is 0. The van der Waals surface area contributed by atoms with Crippen LogP contribution in [0.1, 0.15) is 5.56 Å². The number of rotatable bonds is 4. The maximum absolute atomic E-state index is 5.78. The molecule has 0 unspecified atom stereocenters. The van der Waals surface area contributed by atoms with E-state index in [9.17, 15) is 0 Å². The fourth-order valence-electron chi connectivity index (χ4n) is 2.22. The summed E-state index contributed by atoms with van der Waals surface area (Å²) in [5.74, 6) is 0.858. The first kappa shape index (κ1) is 13.3. The fourth-order valence-corrected chi connectivity index (χ4v) is 2.22. The Balaban J connectivity index is 1.68. The van der Waals surface area contributed by atoms with Gasteiger partial charge in [0, 0.05) is 5.69 Å². The third-order valence-corrected chi connectivity index (χ3v) is 3.32. The van der Waals surface area contributed by atoms with Crippen molar-refractivity contribution in [3.8, 4) is 16.9 Å². The van der Waals surface area contributed by atoms with Gasteiger partial charge in [-0.15, -0.1) is 0 Å². The zero-order chi connectivity index (χ0) is 14.5. The molecule has 21 heavy (non-hydrogen) atoms. The van der Waals surface area contributed by atoms with Gasteiger partial charge in [0.05, 0.1) is 0 Å². The lowest BCUT2D eigenvalue weighted by Crippen LogP contribution is -1.96. The molecule has 0 heterocycles. The van der Waals surface area contributed by atoms with Crippen LogP contribution >= 0.6 is 0 Å². The molecule has 0 radical (unpaired) electrons. The summed E-state index contributed by atoms with van der Waals surface area (Å²) in [6, 6.07) is 26.2. The smallest absolute Gasteiger partial charge is 0.119 e. The Bertz CT molecular complexity index is 705. The number of benzene rings is 3. The highest BCUT2D eigenvalue weighted by atomic mass is 16.5. The molecule has 0 aliphatic rings. The van der Waals surface area contributed by atoms with Crippen LogP contribution in [0.5, 0.6) is 5.75 Å². The van der Waals surface area contributed by atoms with E-state index in [0.717, 1.165) is 17.0 Å². The van der Waals surface area contributed by atoms with Gasteiger partial charge in [0.1, 0.15) is 12.4 Å². The largest absolute Gasteiger partial charge is 0.489 e. The maximum atomic E-state index is 5.78. The molecule has 0 saturated heterocycles. The monoisotopic (exact) mass is 275 g/mol. The molecule has 0 bridgehead atoms. The van der Waals surface area contributed by atoms with Crippen LogP contribution in [-0.4, -0.2) is 0 Å². The van der Waals surface area contributed by atoms with Gasteiger partial charge in [0.15, 0.2) is 0 Å². The molecular formula is C19H17NO. The van der Waals surface area contributed by atoms with E-state index in [1.54, 1.807) is 0 Å². The highest BCUT2D eigenvalue weighted by Gasteiger charge is 1.99. The number of nitrogen functional groups attached to an aromatic ring is 1. The van der Waals surface area contributed by atoms with Crippen molar-refractivity contribution in [3.63, 3.8) is 0 Å². The normalized spacial score (nSPS) is 10.3. The van der Waals surface area contributed by atoms with Gasteiger partial charge in [0.25, 0.3) is 0 Å². The van der Waals surface area contributed by atoms with Crippen LogP contribution in [0.4, 0.5) is 5.69 Å². The maximum Gasteiger partial charge on any atom is 0.119 e. The molecule has 0 saturated carbocycles. The SMILES string of the molecule is Nc1cccc(COc2ccc(-c3ccccc3)cc2)c1. The highest BCUT2D eigenvalue weighted by molar-refractivity contribution is 5.63. The van der Waals surface area contributed by atoms with Crippen LogP contribution < -0.4 is 10.5 Å². The predicted octanol–water partition coefficient (Wildman–Crippen LogP) is 4.51. The second-order valence-corrected chi connectivity index (χ2v) is 4.92. The molecule has 3 aromatic carbocycles. The molecule has 0 aromatic heterocycles. The van der Waals surface area contributed by atoms with E-state index in [1.165, 1.54) is 11.1 Å². The molecule has 0 atom stereocenters. The minimum Gasteiger partial charge on any atom is -0.489 e. The summed E-state index contributed by atoms with van der Waals surface area (Å²) in [6.45, 7) is 0.524. The van der Waals surface area contributed by atoms with E-state index in [2.05, 4.69) is 24.3 Å². The second-order valence-electron chi connectivity index (χ2n) is 4.92. The third kappa shape index (κ3) is 3.42. The quantitative estimate of drug-likeness (QED) is 0.711. The molecule has 0 fully saturated rings. The number of hydrogen-bond donors (Lipinski definition) is 1. The van der Waals surface area contributed by atoms with Crippen LogP contribution in [0.25, 0.3) is 11.1 Å². The van der Waals surface area contributed by atoms with Crippen LogP contribution in [0.15, 0.2) is 78.9 Å². The molecule has 0 amide bonds. The minimum absolute atomic E-state index is 0.524. The zero-order valence-corrected chi connectivity index (χ0v) is 11.7. The molecule has 3 rings (SSSR count). The Morgan fingerprint density at radius 1 is 0.714 bits per heavy atom. The molecular weight excluding hydrogens is 258 g/mol. The van der Waals surface area contributed by atoms with Crippen molar-refractivity contribution in [3.05, 3.63) is 84.4 Å². The Morgan fingerprint density at radius 2 is 1.43 bits per heavy atom. The Labute approximate surface area is 124 Å². The number of anilines is 1. The Morgan fingerprint density at radius 3 is 2.14 bits per heavy atom. The summed E-state index contributed by atoms with van der Waals surface area (Å²) in [5, 5.41) is 0.